The first kappa shape index (κ1) is 13.5. The third-order valence-electron chi connectivity index (χ3n) is 3.12. The van der Waals surface area contributed by atoms with E-state index in [1.807, 2.05) is 6.07 Å². The number of nitrogens with one attached hydrogen (secondary N) is 1. The van der Waals surface area contributed by atoms with Crippen molar-refractivity contribution in [1.29, 1.82) is 0 Å². The molecule has 1 aliphatic rings. The molecule has 1 aromatic carbocycles. The van der Waals surface area contributed by atoms with Gasteiger partial charge in [-0.05, 0) is 37.3 Å². The number of aliphatic hydroxyl groups excluding tert-OH is 1. The maximum atomic E-state index is 9.39. The van der Waals surface area contributed by atoms with E-state index in [4.69, 9.17) is 0 Å². The zero-order valence-corrected chi connectivity index (χ0v) is 10.2. The van der Waals surface area contributed by atoms with Crippen LogP contribution in [0.3, 0.4) is 0 Å². The standard InChI is InChI=1S/C13H19NO.ClH/c15-13-7-6-12(8-13)10-14-9-11-4-2-1-3-5-11;/h1-5,12-15H,6-10H2;1H. The summed E-state index contributed by atoms with van der Waals surface area (Å²) in [5, 5.41) is 12.8. The maximum absolute atomic E-state index is 9.39. The van der Waals surface area contributed by atoms with E-state index in [1.54, 1.807) is 0 Å². The largest absolute Gasteiger partial charge is 0.393 e. The van der Waals surface area contributed by atoms with Gasteiger partial charge in [0.15, 0.2) is 0 Å². The molecule has 0 aromatic heterocycles. The molecule has 0 heterocycles. The summed E-state index contributed by atoms with van der Waals surface area (Å²) in [7, 11) is 0. The van der Waals surface area contributed by atoms with Gasteiger partial charge in [-0.1, -0.05) is 30.3 Å². The molecule has 3 heteroatoms. The Morgan fingerprint density at radius 3 is 2.56 bits per heavy atom. The highest BCUT2D eigenvalue weighted by Crippen LogP contribution is 2.24. The van der Waals surface area contributed by atoms with Crippen LogP contribution in [0.1, 0.15) is 24.8 Å². The maximum Gasteiger partial charge on any atom is 0.0543 e. The van der Waals surface area contributed by atoms with Gasteiger partial charge < -0.3 is 10.4 Å². The topological polar surface area (TPSA) is 32.3 Å². The van der Waals surface area contributed by atoms with Crippen molar-refractivity contribution < 1.29 is 5.11 Å². The SMILES string of the molecule is Cl.OC1CCC(CNCc2ccccc2)C1. The fraction of sp³-hybridized carbons (Fsp3) is 0.538. The smallest absolute Gasteiger partial charge is 0.0543 e. The summed E-state index contributed by atoms with van der Waals surface area (Å²) in [5.74, 6) is 0.670. The van der Waals surface area contributed by atoms with Crippen LogP contribution in [-0.2, 0) is 6.54 Å². The summed E-state index contributed by atoms with van der Waals surface area (Å²) < 4.78 is 0. The number of aliphatic hydroxyl groups is 1. The van der Waals surface area contributed by atoms with Crippen LogP contribution in [0.5, 0.6) is 0 Å². The lowest BCUT2D eigenvalue weighted by Crippen LogP contribution is -2.21. The summed E-state index contributed by atoms with van der Waals surface area (Å²) in [6.45, 7) is 1.97. The highest BCUT2D eigenvalue weighted by atomic mass is 35.5. The van der Waals surface area contributed by atoms with E-state index < -0.39 is 0 Å². The van der Waals surface area contributed by atoms with Crippen LogP contribution in [0.15, 0.2) is 30.3 Å². The normalized spacial score (nSPS) is 24.1. The van der Waals surface area contributed by atoms with E-state index in [9.17, 15) is 5.11 Å². The van der Waals surface area contributed by atoms with Crippen LogP contribution >= 0.6 is 12.4 Å². The molecule has 0 bridgehead atoms. The molecule has 2 unspecified atom stereocenters. The van der Waals surface area contributed by atoms with Crippen molar-refractivity contribution in [3.05, 3.63) is 35.9 Å². The van der Waals surface area contributed by atoms with E-state index in [1.165, 1.54) is 12.0 Å². The average Bonchev–Trinajstić information content (AvgIpc) is 2.66. The van der Waals surface area contributed by atoms with Crippen molar-refractivity contribution in [2.75, 3.05) is 6.54 Å². The summed E-state index contributed by atoms with van der Waals surface area (Å²) in [6, 6.07) is 10.4. The van der Waals surface area contributed by atoms with Gasteiger partial charge in [0, 0.05) is 6.54 Å². The molecule has 0 saturated heterocycles. The Balaban J connectivity index is 0.00000128. The van der Waals surface area contributed by atoms with Crippen LogP contribution < -0.4 is 5.32 Å². The van der Waals surface area contributed by atoms with Crippen molar-refractivity contribution in [3.63, 3.8) is 0 Å². The number of benzene rings is 1. The van der Waals surface area contributed by atoms with Gasteiger partial charge in [-0.3, -0.25) is 0 Å². The Hall–Kier alpha value is -0.570. The monoisotopic (exact) mass is 241 g/mol. The molecule has 1 aromatic rings. The van der Waals surface area contributed by atoms with Gasteiger partial charge in [0.1, 0.15) is 0 Å². The molecule has 2 rings (SSSR count). The van der Waals surface area contributed by atoms with Gasteiger partial charge in [-0.15, -0.1) is 12.4 Å². The minimum atomic E-state index is -0.0477. The summed E-state index contributed by atoms with van der Waals surface area (Å²) in [6.07, 6.45) is 3.08. The number of halogens is 1. The molecule has 2 atom stereocenters. The molecule has 1 fully saturated rings. The summed E-state index contributed by atoms with van der Waals surface area (Å²) >= 11 is 0. The van der Waals surface area contributed by atoms with E-state index in [2.05, 4.69) is 29.6 Å². The first-order valence-corrected chi connectivity index (χ1v) is 5.77. The quantitative estimate of drug-likeness (QED) is 0.848. The lowest BCUT2D eigenvalue weighted by atomic mass is 10.1. The van der Waals surface area contributed by atoms with E-state index in [0.717, 1.165) is 25.9 Å². The molecule has 0 spiro atoms. The van der Waals surface area contributed by atoms with Crippen molar-refractivity contribution in [2.45, 2.75) is 31.9 Å². The van der Waals surface area contributed by atoms with Crippen LogP contribution in [0.25, 0.3) is 0 Å². The van der Waals surface area contributed by atoms with E-state index in [0.29, 0.717) is 5.92 Å². The van der Waals surface area contributed by atoms with Crippen LogP contribution in [0.2, 0.25) is 0 Å². The second-order valence-electron chi connectivity index (χ2n) is 4.45. The van der Waals surface area contributed by atoms with Gasteiger partial charge >= 0.3 is 0 Å². The number of hydrogen-bond donors (Lipinski definition) is 2. The third kappa shape index (κ3) is 4.12. The van der Waals surface area contributed by atoms with E-state index >= 15 is 0 Å². The Morgan fingerprint density at radius 1 is 1.19 bits per heavy atom. The van der Waals surface area contributed by atoms with Gasteiger partial charge in [-0.2, -0.15) is 0 Å². The molecule has 1 aliphatic carbocycles. The highest BCUT2D eigenvalue weighted by Gasteiger charge is 2.21. The Labute approximate surface area is 103 Å². The number of rotatable bonds is 4. The van der Waals surface area contributed by atoms with Crippen LogP contribution in [-0.4, -0.2) is 17.8 Å². The fourth-order valence-electron chi connectivity index (χ4n) is 2.25. The second kappa shape index (κ2) is 6.89. The number of hydrogen-bond acceptors (Lipinski definition) is 2. The third-order valence-corrected chi connectivity index (χ3v) is 3.12. The lowest BCUT2D eigenvalue weighted by Gasteiger charge is -2.10. The molecular formula is C13H20ClNO. The van der Waals surface area contributed by atoms with Crippen molar-refractivity contribution in [2.24, 2.45) is 5.92 Å². The fourth-order valence-corrected chi connectivity index (χ4v) is 2.25. The van der Waals surface area contributed by atoms with Crippen molar-refractivity contribution in [3.8, 4) is 0 Å². The molecule has 0 aliphatic heterocycles. The molecular weight excluding hydrogens is 222 g/mol. The molecule has 90 valence electrons. The first-order valence-electron chi connectivity index (χ1n) is 5.77. The second-order valence-corrected chi connectivity index (χ2v) is 4.45. The Bertz CT molecular complexity index is 291. The predicted octanol–water partition coefficient (Wildman–Crippen LogP) is 2.36. The summed E-state index contributed by atoms with van der Waals surface area (Å²) in [4.78, 5) is 0. The van der Waals surface area contributed by atoms with Gasteiger partial charge in [-0.25, -0.2) is 0 Å². The van der Waals surface area contributed by atoms with Gasteiger partial charge in [0.2, 0.25) is 0 Å². The Morgan fingerprint density at radius 2 is 1.94 bits per heavy atom. The first-order chi connectivity index (χ1) is 7.34. The van der Waals surface area contributed by atoms with Gasteiger partial charge in [0.25, 0.3) is 0 Å². The minimum absolute atomic E-state index is 0. The molecule has 16 heavy (non-hydrogen) atoms. The van der Waals surface area contributed by atoms with E-state index in [-0.39, 0.29) is 18.5 Å². The van der Waals surface area contributed by atoms with Gasteiger partial charge in [0.05, 0.1) is 6.10 Å². The van der Waals surface area contributed by atoms with Crippen molar-refractivity contribution in [1.82, 2.24) is 5.32 Å². The minimum Gasteiger partial charge on any atom is -0.393 e. The zero-order valence-electron chi connectivity index (χ0n) is 9.43. The highest BCUT2D eigenvalue weighted by molar-refractivity contribution is 5.85. The molecule has 2 nitrogen and oxygen atoms in total. The predicted molar refractivity (Wildman–Crippen MR) is 68.7 cm³/mol. The molecule has 2 N–H and O–H groups in total. The lowest BCUT2D eigenvalue weighted by molar-refractivity contribution is 0.177. The molecule has 1 saturated carbocycles. The average molecular weight is 242 g/mol. The molecule has 0 amide bonds. The Kier molecular flexibility index (Phi) is 5.81. The van der Waals surface area contributed by atoms with Crippen LogP contribution in [0, 0.1) is 5.92 Å². The van der Waals surface area contributed by atoms with Crippen LogP contribution in [0.4, 0.5) is 0 Å². The molecule has 0 radical (unpaired) electrons. The zero-order chi connectivity index (χ0) is 10.5. The summed E-state index contributed by atoms with van der Waals surface area (Å²) in [5.41, 5.74) is 1.33. The van der Waals surface area contributed by atoms with Crippen molar-refractivity contribution >= 4 is 12.4 Å².